The Morgan fingerprint density at radius 3 is 2.87 bits per heavy atom. The fourth-order valence-electron chi connectivity index (χ4n) is 1.61. The number of hydrogen-bond acceptors (Lipinski definition) is 2. The number of nitrogens with zero attached hydrogens (tertiary/aromatic N) is 2. The van der Waals surface area contributed by atoms with E-state index in [2.05, 4.69) is 5.10 Å². The van der Waals surface area contributed by atoms with Crippen molar-refractivity contribution in [3.8, 4) is 0 Å². The first-order chi connectivity index (χ1) is 7.05. The Labute approximate surface area is 84.8 Å². The summed E-state index contributed by atoms with van der Waals surface area (Å²) in [6, 6.07) is 0.981. The summed E-state index contributed by atoms with van der Waals surface area (Å²) < 4.78 is 43.2. The Morgan fingerprint density at radius 1 is 1.53 bits per heavy atom. The monoisotopic (exact) mass is 220 g/mol. The van der Waals surface area contributed by atoms with Crippen LogP contribution in [0.4, 0.5) is 13.2 Å². The highest BCUT2D eigenvalue weighted by Crippen LogP contribution is 2.27. The van der Waals surface area contributed by atoms with Crippen LogP contribution in [0.1, 0.15) is 18.5 Å². The van der Waals surface area contributed by atoms with Crippen LogP contribution in [0.2, 0.25) is 0 Å². The van der Waals surface area contributed by atoms with E-state index < -0.39 is 11.9 Å². The molecule has 2 rings (SSSR count). The molecule has 1 aliphatic rings. The molecule has 1 saturated heterocycles. The van der Waals surface area contributed by atoms with E-state index in [1.807, 2.05) is 0 Å². The third kappa shape index (κ3) is 2.50. The maximum atomic E-state index is 12.2. The van der Waals surface area contributed by atoms with Crippen molar-refractivity contribution < 1.29 is 17.9 Å². The molecule has 0 spiro atoms. The van der Waals surface area contributed by atoms with Gasteiger partial charge in [-0.15, -0.1) is 0 Å². The predicted octanol–water partition coefficient (Wildman–Crippen LogP) is 2.08. The van der Waals surface area contributed by atoms with E-state index in [-0.39, 0.29) is 6.10 Å². The van der Waals surface area contributed by atoms with Crippen molar-refractivity contribution in [3.05, 3.63) is 18.0 Å². The molecule has 1 aromatic rings. The average Bonchev–Trinajstić information content (AvgIpc) is 2.73. The number of hydrogen-bond donors (Lipinski definition) is 0. The molecule has 1 fully saturated rings. The summed E-state index contributed by atoms with van der Waals surface area (Å²) in [5.74, 6) is 0. The maximum absolute atomic E-state index is 12.2. The Morgan fingerprint density at radius 2 is 2.33 bits per heavy atom. The Hall–Kier alpha value is -1.04. The van der Waals surface area contributed by atoms with Crippen LogP contribution in [0.25, 0.3) is 0 Å². The van der Waals surface area contributed by atoms with Crippen LogP contribution in [-0.4, -0.2) is 22.5 Å². The van der Waals surface area contributed by atoms with Crippen molar-refractivity contribution in [2.75, 3.05) is 6.61 Å². The van der Waals surface area contributed by atoms with Gasteiger partial charge in [0.05, 0.1) is 12.6 Å². The number of ether oxygens (including phenoxy) is 1. The van der Waals surface area contributed by atoms with Crippen LogP contribution in [0.3, 0.4) is 0 Å². The summed E-state index contributed by atoms with van der Waals surface area (Å²) in [5.41, 5.74) is -0.847. The van der Waals surface area contributed by atoms with Crippen molar-refractivity contribution in [2.45, 2.75) is 31.7 Å². The maximum Gasteiger partial charge on any atom is 0.435 e. The highest BCUT2D eigenvalue weighted by Gasteiger charge is 2.33. The second-order valence-electron chi connectivity index (χ2n) is 3.56. The van der Waals surface area contributed by atoms with E-state index in [0.717, 1.165) is 18.9 Å². The fraction of sp³-hybridized carbons (Fsp3) is 0.667. The van der Waals surface area contributed by atoms with Gasteiger partial charge in [0.25, 0.3) is 0 Å². The lowest BCUT2D eigenvalue weighted by Gasteiger charge is -2.08. The molecule has 0 N–H and O–H groups in total. The van der Waals surface area contributed by atoms with Gasteiger partial charge in [0.1, 0.15) is 0 Å². The molecule has 0 aromatic carbocycles. The Bertz CT molecular complexity index is 328. The summed E-state index contributed by atoms with van der Waals surface area (Å²) in [6.07, 6.45) is -1.16. The van der Waals surface area contributed by atoms with E-state index >= 15 is 0 Å². The topological polar surface area (TPSA) is 27.1 Å². The summed E-state index contributed by atoms with van der Waals surface area (Å²) >= 11 is 0. The van der Waals surface area contributed by atoms with Gasteiger partial charge in [0.2, 0.25) is 0 Å². The molecular formula is C9H11F3N2O. The molecule has 0 radical (unpaired) electrons. The largest absolute Gasteiger partial charge is 0.435 e. The highest BCUT2D eigenvalue weighted by molar-refractivity contribution is 5.03. The molecule has 0 aliphatic carbocycles. The van der Waals surface area contributed by atoms with Crippen LogP contribution in [0.5, 0.6) is 0 Å². The minimum atomic E-state index is -4.36. The zero-order valence-corrected chi connectivity index (χ0v) is 8.00. The lowest BCUT2D eigenvalue weighted by atomic mass is 10.2. The number of rotatable bonds is 2. The van der Waals surface area contributed by atoms with E-state index in [9.17, 15) is 13.2 Å². The van der Waals surface area contributed by atoms with Gasteiger partial charge in [0.15, 0.2) is 5.69 Å². The zero-order valence-electron chi connectivity index (χ0n) is 8.00. The molecule has 1 aromatic heterocycles. The molecule has 0 bridgehead atoms. The van der Waals surface area contributed by atoms with E-state index in [1.165, 1.54) is 10.9 Å². The molecule has 6 heteroatoms. The van der Waals surface area contributed by atoms with Crippen molar-refractivity contribution in [2.24, 2.45) is 0 Å². The second-order valence-corrected chi connectivity index (χ2v) is 3.56. The van der Waals surface area contributed by atoms with Gasteiger partial charge in [-0.25, -0.2) is 0 Å². The predicted molar refractivity (Wildman–Crippen MR) is 46.2 cm³/mol. The first-order valence-electron chi connectivity index (χ1n) is 4.78. The van der Waals surface area contributed by atoms with Crippen LogP contribution >= 0.6 is 0 Å². The van der Waals surface area contributed by atoms with Crippen molar-refractivity contribution in [1.29, 1.82) is 0 Å². The quantitative estimate of drug-likeness (QED) is 0.763. The van der Waals surface area contributed by atoms with Crippen molar-refractivity contribution in [3.63, 3.8) is 0 Å². The number of aromatic nitrogens is 2. The molecule has 1 unspecified atom stereocenters. The first kappa shape index (κ1) is 10.5. The van der Waals surface area contributed by atoms with Crippen molar-refractivity contribution in [1.82, 2.24) is 9.78 Å². The Balaban J connectivity index is 2.00. The standard InChI is InChI=1S/C9H11F3N2O/c10-9(11,12)8-3-4-14(13-8)6-7-2-1-5-15-7/h3-4,7H,1-2,5-6H2. The molecule has 1 aliphatic heterocycles. The molecule has 15 heavy (non-hydrogen) atoms. The molecule has 0 saturated carbocycles. The van der Waals surface area contributed by atoms with Gasteiger partial charge in [-0.3, -0.25) is 4.68 Å². The minimum Gasteiger partial charge on any atom is -0.376 e. The number of halogens is 3. The van der Waals surface area contributed by atoms with Crippen LogP contribution in [-0.2, 0) is 17.5 Å². The first-order valence-corrected chi connectivity index (χ1v) is 4.78. The third-order valence-corrected chi connectivity index (χ3v) is 2.35. The van der Waals surface area contributed by atoms with Gasteiger partial charge in [-0.2, -0.15) is 18.3 Å². The lowest BCUT2D eigenvalue weighted by Crippen LogP contribution is -2.16. The molecule has 3 nitrogen and oxygen atoms in total. The fourth-order valence-corrected chi connectivity index (χ4v) is 1.61. The smallest absolute Gasteiger partial charge is 0.376 e. The van der Waals surface area contributed by atoms with Gasteiger partial charge in [0, 0.05) is 12.8 Å². The van der Waals surface area contributed by atoms with Crippen LogP contribution in [0.15, 0.2) is 12.3 Å². The lowest BCUT2D eigenvalue weighted by molar-refractivity contribution is -0.141. The summed E-state index contributed by atoms with van der Waals surface area (Å²) in [7, 11) is 0. The van der Waals surface area contributed by atoms with Gasteiger partial charge in [-0.05, 0) is 18.9 Å². The minimum absolute atomic E-state index is 0.00554. The highest BCUT2D eigenvalue weighted by atomic mass is 19.4. The molecule has 1 atom stereocenters. The summed E-state index contributed by atoms with van der Waals surface area (Å²) in [5, 5.41) is 3.46. The molecular weight excluding hydrogens is 209 g/mol. The van der Waals surface area contributed by atoms with Gasteiger partial charge < -0.3 is 4.74 Å². The third-order valence-electron chi connectivity index (χ3n) is 2.35. The number of alkyl halides is 3. The molecule has 0 amide bonds. The van der Waals surface area contributed by atoms with Crippen LogP contribution < -0.4 is 0 Å². The van der Waals surface area contributed by atoms with E-state index in [4.69, 9.17) is 4.74 Å². The van der Waals surface area contributed by atoms with Crippen molar-refractivity contribution >= 4 is 0 Å². The van der Waals surface area contributed by atoms with Gasteiger partial charge in [-0.1, -0.05) is 0 Å². The van der Waals surface area contributed by atoms with Gasteiger partial charge >= 0.3 is 6.18 Å². The molecule has 84 valence electrons. The zero-order chi connectivity index (χ0) is 10.9. The molecule has 2 heterocycles. The second kappa shape index (κ2) is 3.84. The van der Waals surface area contributed by atoms with E-state index in [0.29, 0.717) is 13.2 Å². The summed E-state index contributed by atoms with van der Waals surface area (Å²) in [6.45, 7) is 1.09. The Kier molecular flexibility index (Phi) is 2.68. The van der Waals surface area contributed by atoms with Crippen LogP contribution in [0, 0.1) is 0 Å². The summed E-state index contributed by atoms with van der Waals surface area (Å²) in [4.78, 5) is 0. The van der Waals surface area contributed by atoms with E-state index in [1.54, 1.807) is 0 Å². The average molecular weight is 220 g/mol. The normalized spacial score (nSPS) is 22.2. The SMILES string of the molecule is FC(F)(F)c1ccn(CC2CCCO2)n1.